The Morgan fingerprint density at radius 1 is 0.487 bits per heavy atom. The van der Waals surface area contributed by atoms with Crippen LogP contribution in [-0.4, -0.2) is 9.55 Å². The first-order valence-corrected chi connectivity index (χ1v) is 13.4. The van der Waals surface area contributed by atoms with Crippen LogP contribution in [0.15, 0.2) is 134 Å². The number of benzene rings is 6. The maximum Gasteiger partial charge on any atom is 0.0645 e. The van der Waals surface area contributed by atoms with Crippen LogP contribution in [0, 0.1) is 0 Å². The molecule has 0 aliphatic heterocycles. The highest BCUT2D eigenvalue weighted by molar-refractivity contribution is 6.22. The van der Waals surface area contributed by atoms with Crippen molar-refractivity contribution in [3.8, 4) is 39.1 Å². The zero-order valence-electron chi connectivity index (χ0n) is 21.1. The molecule has 0 amide bonds. The van der Waals surface area contributed by atoms with Crippen LogP contribution in [0.4, 0.5) is 0 Å². The van der Waals surface area contributed by atoms with E-state index in [9.17, 15) is 0 Å². The number of fused-ring (bicyclic) bond motifs is 8. The predicted octanol–water partition coefficient (Wildman–Crippen LogP) is 9.80. The lowest BCUT2D eigenvalue weighted by Crippen LogP contribution is -1.95. The van der Waals surface area contributed by atoms with Crippen molar-refractivity contribution in [1.82, 2.24) is 9.55 Å². The van der Waals surface area contributed by atoms with Gasteiger partial charge in [0, 0.05) is 22.4 Å². The first kappa shape index (κ1) is 20.8. The molecule has 6 aromatic carbocycles. The Labute approximate surface area is 225 Å². The van der Waals surface area contributed by atoms with Crippen molar-refractivity contribution in [2.24, 2.45) is 0 Å². The van der Waals surface area contributed by atoms with Gasteiger partial charge in [-0.1, -0.05) is 91.0 Å². The lowest BCUT2D eigenvalue weighted by molar-refractivity contribution is 1.15. The van der Waals surface area contributed by atoms with Gasteiger partial charge in [-0.2, -0.15) is 0 Å². The fourth-order valence-electron chi connectivity index (χ4n) is 6.78. The van der Waals surface area contributed by atoms with Crippen LogP contribution in [0.3, 0.4) is 0 Å². The zero-order chi connectivity index (χ0) is 25.5. The number of hydrogen-bond donors (Lipinski definition) is 0. The van der Waals surface area contributed by atoms with Crippen molar-refractivity contribution in [1.29, 1.82) is 0 Å². The Morgan fingerprint density at radius 2 is 1.26 bits per heavy atom. The van der Waals surface area contributed by atoms with E-state index in [1.165, 1.54) is 76.7 Å². The Balaban J connectivity index is 1.38. The van der Waals surface area contributed by atoms with Crippen molar-refractivity contribution in [2.75, 3.05) is 0 Å². The summed E-state index contributed by atoms with van der Waals surface area (Å²) in [5.41, 5.74) is 11.3. The summed E-state index contributed by atoms with van der Waals surface area (Å²) in [5.74, 6) is 0. The van der Waals surface area contributed by atoms with Crippen molar-refractivity contribution in [3.63, 3.8) is 0 Å². The minimum atomic E-state index is 1.07. The SMILES string of the molecule is c1cncc(-n2c3ccccc3c3cc(-c4ccc5c(c4)-c4cccc6cccc-5c46)c4ccccc4c32)c1. The van der Waals surface area contributed by atoms with E-state index < -0.39 is 0 Å². The van der Waals surface area contributed by atoms with E-state index in [0.717, 1.165) is 5.69 Å². The maximum atomic E-state index is 4.45. The van der Waals surface area contributed by atoms with Gasteiger partial charge in [0.25, 0.3) is 0 Å². The Morgan fingerprint density at radius 3 is 2.08 bits per heavy atom. The molecule has 0 spiro atoms. The van der Waals surface area contributed by atoms with Crippen LogP contribution in [0.5, 0.6) is 0 Å². The van der Waals surface area contributed by atoms with Gasteiger partial charge in [-0.05, 0) is 79.9 Å². The molecule has 0 atom stereocenters. The van der Waals surface area contributed by atoms with E-state index in [4.69, 9.17) is 0 Å². The summed E-state index contributed by atoms with van der Waals surface area (Å²) >= 11 is 0. The standard InChI is InChI=1S/C37H22N2/c1-2-13-31-26(11-1)32(21-34-28-12-3-4-16-35(28)39(37(31)34)25-10-7-19-38-22-25)24-17-18-27-29-14-5-8-23-9-6-15-30(36(23)29)33(27)20-24/h1-22H. The number of rotatable bonds is 2. The lowest BCUT2D eigenvalue weighted by atomic mass is 9.92. The summed E-state index contributed by atoms with van der Waals surface area (Å²) in [6.45, 7) is 0. The molecule has 39 heavy (non-hydrogen) atoms. The molecule has 0 saturated carbocycles. The van der Waals surface area contributed by atoms with E-state index in [-0.39, 0.29) is 0 Å². The summed E-state index contributed by atoms with van der Waals surface area (Å²) in [6, 6.07) is 44.4. The smallest absolute Gasteiger partial charge is 0.0645 e. The minimum Gasteiger partial charge on any atom is -0.307 e. The second-order valence-corrected chi connectivity index (χ2v) is 10.4. The molecule has 0 fully saturated rings. The second-order valence-electron chi connectivity index (χ2n) is 10.4. The second kappa shape index (κ2) is 7.66. The normalized spacial score (nSPS) is 12.1. The van der Waals surface area contributed by atoms with Gasteiger partial charge in [0.1, 0.15) is 0 Å². The number of aromatic nitrogens is 2. The van der Waals surface area contributed by atoms with Crippen LogP contribution in [0.25, 0.3) is 82.4 Å². The molecule has 0 N–H and O–H groups in total. The fourth-order valence-corrected chi connectivity index (χ4v) is 6.78. The number of nitrogens with zero attached hydrogens (tertiary/aromatic N) is 2. The summed E-state index contributed by atoms with van der Waals surface area (Å²) in [5, 5.41) is 7.68. The summed E-state index contributed by atoms with van der Waals surface area (Å²) < 4.78 is 2.36. The predicted molar refractivity (Wildman–Crippen MR) is 163 cm³/mol. The van der Waals surface area contributed by atoms with Gasteiger partial charge in [0.15, 0.2) is 0 Å². The van der Waals surface area contributed by atoms with E-state index in [1.54, 1.807) is 0 Å². The number of hydrogen-bond acceptors (Lipinski definition) is 1. The Hall–Kier alpha value is -5.21. The molecule has 180 valence electrons. The highest BCUT2D eigenvalue weighted by Gasteiger charge is 2.23. The highest BCUT2D eigenvalue weighted by atomic mass is 15.0. The summed E-state index contributed by atoms with van der Waals surface area (Å²) in [6.07, 6.45) is 3.79. The van der Waals surface area contributed by atoms with Gasteiger partial charge in [-0.3, -0.25) is 4.98 Å². The fraction of sp³-hybridized carbons (Fsp3) is 0. The molecule has 1 aliphatic rings. The monoisotopic (exact) mass is 494 g/mol. The third kappa shape index (κ3) is 2.78. The van der Waals surface area contributed by atoms with Gasteiger partial charge < -0.3 is 4.57 Å². The molecule has 2 heteroatoms. The van der Waals surface area contributed by atoms with Gasteiger partial charge >= 0.3 is 0 Å². The molecule has 8 aromatic rings. The first-order chi connectivity index (χ1) is 19.4. The van der Waals surface area contributed by atoms with Crippen LogP contribution in [-0.2, 0) is 0 Å². The first-order valence-electron chi connectivity index (χ1n) is 13.4. The molecule has 0 radical (unpaired) electrons. The molecule has 0 bridgehead atoms. The van der Waals surface area contributed by atoms with Crippen molar-refractivity contribution in [3.05, 3.63) is 134 Å². The third-order valence-electron chi connectivity index (χ3n) is 8.39. The molecule has 2 aromatic heterocycles. The van der Waals surface area contributed by atoms with Crippen molar-refractivity contribution >= 4 is 43.4 Å². The van der Waals surface area contributed by atoms with Crippen molar-refractivity contribution < 1.29 is 0 Å². The Bertz CT molecular complexity index is 2270. The average Bonchev–Trinajstić information content (AvgIpc) is 3.51. The van der Waals surface area contributed by atoms with E-state index in [2.05, 4.69) is 125 Å². The highest BCUT2D eigenvalue weighted by Crippen LogP contribution is 2.49. The molecule has 0 unspecified atom stereocenters. The van der Waals surface area contributed by atoms with Crippen LogP contribution in [0.2, 0.25) is 0 Å². The minimum absolute atomic E-state index is 1.07. The van der Waals surface area contributed by atoms with E-state index >= 15 is 0 Å². The molecule has 2 heterocycles. The number of para-hydroxylation sites is 1. The van der Waals surface area contributed by atoms with Gasteiger partial charge in [-0.25, -0.2) is 0 Å². The van der Waals surface area contributed by atoms with Gasteiger partial charge in [0.2, 0.25) is 0 Å². The lowest BCUT2D eigenvalue weighted by Gasteiger charge is -2.13. The number of pyridine rings is 1. The molecule has 2 nitrogen and oxygen atoms in total. The third-order valence-corrected chi connectivity index (χ3v) is 8.39. The summed E-state index contributed by atoms with van der Waals surface area (Å²) in [4.78, 5) is 4.45. The van der Waals surface area contributed by atoms with Gasteiger partial charge in [0.05, 0.1) is 22.9 Å². The molecular weight excluding hydrogens is 472 g/mol. The van der Waals surface area contributed by atoms with Gasteiger partial charge in [-0.15, -0.1) is 0 Å². The van der Waals surface area contributed by atoms with Crippen LogP contribution >= 0.6 is 0 Å². The van der Waals surface area contributed by atoms with E-state index in [1.807, 2.05) is 18.5 Å². The molecule has 1 aliphatic carbocycles. The van der Waals surface area contributed by atoms with Crippen LogP contribution in [0.1, 0.15) is 0 Å². The largest absolute Gasteiger partial charge is 0.307 e. The Kier molecular flexibility index (Phi) is 4.08. The molecule has 0 saturated heterocycles. The topological polar surface area (TPSA) is 17.8 Å². The maximum absolute atomic E-state index is 4.45. The zero-order valence-corrected chi connectivity index (χ0v) is 21.1. The summed E-state index contributed by atoms with van der Waals surface area (Å²) in [7, 11) is 0. The quantitative estimate of drug-likeness (QED) is 0.234. The average molecular weight is 495 g/mol. The molecular formula is C37H22N2. The van der Waals surface area contributed by atoms with E-state index in [0.29, 0.717) is 0 Å². The van der Waals surface area contributed by atoms with Crippen LogP contribution < -0.4 is 0 Å². The van der Waals surface area contributed by atoms with Crippen molar-refractivity contribution in [2.45, 2.75) is 0 Å². The molecule has 9 rings (SSSR count).